The Hall–Kier alpha value is -0.400. The van der Waals surface area contributed by atoms with Crippen LogP contribution in [0.5, 0.6) is 0 Å². The highest BCUT2D eigenvalue weighted by Crippen LogP contribution is 1.92. The van der Waals surface area contributed by atoms with Gasteiger partial charge in [-0.05, 0) is 14.1 Å². The molecule has 2 N–H and O–H groups in total. The van der Waals surface area contributed by atoms with Crippen molar-refractivity contribution in [2.75, 3.05) is 60.2 Å². The number of ether oxygens (including phenoxy) is 2. The number of amides is 1. The van der Waals surface area contributed by atoms with Gasteiger partial charge in [-0.25, -0.2) is 0 Å². The third kappa shape index (κ3) is 7.84. The highest BCUT2D eigenvalue weighted by atomic mass is 35.5. The highest BCUT2D eigenvalue weighted by molar-refractivity contribution is 5.85. The van der Waals surface area contributed by atoms with Crippen LogP contribution in [0.3, 0.4) is 0 Å². The average Bonchev–Trinajstić information content (AvgIpc) is 2.34. The summed E-state index contributed by atoms with van der Waals surface area (Å²) >= 11 is 0. The molecular formula is C11H24ClN3O3. The van der Waals surface area contributed by atoms with E-state index in [2.05, 4.69) is 15.5 Å². The number of hydrogen-bond donors (Lipinski definition) is 2. The van der Waals surface area contributed by atoms with Gasteiger partial charge in [0.05, 0.1) is 26.4 Å². The van der Waals surface area contributed by atoms with Crippen LogP contribution in [0, 0.1) is 0 Å². The van der Waals surface area contributed by atoms with Gasteiger partial charge in [0.1, 0.15) is 6.04 Å². The van der Waals surface area contributed by atoms with Crippen molar-refractivity contribution in [1.82, 2.24) is 15.5 Å². The fourth-order valence-corrected chi connectivity index (χ4v) is 1.45. The molecule has 1 fully saturated rings. The van der Waals surface area contributed by atoms with E-state index in [1.54, 1.807) is 0 Å². The standard InChI is InChI=1S/C11H23N3O3.ClH/c1-14(2)5-8-16-6-4-13-11(15)10-9-17-7-3-12-10;/h10,12H,3-9H2,1-2H3,(H,13,15);1H. The van der Waals surface area contributed by atoms with Gasteiger partial charge in [-0.3, -0.25) is 4.79 Å². The number of carbonyl (C=O) groups excluding carboxylic acids is 1. The maximum atomic E-state index is 11.6. The Morgan fingerprint density at radius 2 is 2.28 bits per heavy atom. The molecule has 0 radical (unpaired) electrons. The fourth-order valence-electron chi connectivity index (χ4n) is 1.45. The van der Waals surface area contributed by atoms with Crippen molar-refractivity contribution in [1.29, 1.82) is 0 Å². The van der Waals surface area contributed by atoms with Crippen molar-refractivity contribution in [2.24, 2.45) is 0 Å². The fraction of sp³-hybridized carbons (Fsp3) is 0.909. The van der Waals surface area contributed by atoms with Gasteiger partial charge in [-0.1, -0.05) is 0 Å². The minimum atomic E-state index is -0.217. The lowest BCUT2D eigenvalue weighted by Crippen LogP contribution is -2.51. The maximum absolute atomic E-state index is 11.6. The molecule has 1 atom stereocenters. The van der Waals surface area contributed by atoms with Crippen LogP contribution in [-0.2, 0) is 14.3 Å². The number of carbonyl (C=O) groups is 1. The summed E-state index contributed by atoms with van der Waals surface area (Å²) in [6, 6.07) is -0.217. The van der Waals surface area contributed by atoms with Crippen LogP contribution >= 0.6 is 12.4 Å². The largest absolute Gasteiger partial charge is 0.378 e. The average molecular weight is 282 g/mol. The summed E-state index contributed by atoms with van der Waals surface area (Å²) in [5, 5.41) is 5.92. The summed E-state index contributed by atoms with van der Waals surface area (Å²) in [7, 11) is 4.00. The second kappa shape index (κ2) is 10.5. The molecule has 0 aromatic rings. The Morgan fingerprint density at radius 1 is 1.50 bits per heavy atom. The monoisotopic (exact) mass is 281 g/mol. The zero-order chi connectivity index (χ0) is 12.5. The van der Waals surface area contributed by atoms with E-state index in [4.69, 9.17) is 9.47 Å². The Labute approximate surface area is 115 Å². The number of nitrogens with one attached hydrogen (secondary N) is 2. The van der Waals surface area contributed by atoms with Crippen molar-refractivity contribution >= 4 is 18.3 Å². The molecule has 0 aromatic carbocycles. The third-order valence-corrected chi connectivity index (χ3v) is 2.47. The number of nitrogens with zero attached hydrogens (tertiary/aromatic N) is 1. The molecule has 1 aliphatic heterocycles. The van der Waals surface area contributed by atoms with Crippen LogP contribution in [0.25, 0.3) is 0 Å². The van der Waals surface area contributed by atoms with Crippen molar-refractivity contribution in [2.45, 2.75) is 6.04 Å². The lowest BCUT2D eigenvalue weighted by atomic mass is 10.2. The molecule has 108 valence electrons. The minimum absolute atomic E-state index is 0. The van der Waals surface area contributed by atoms with Crippen LogP contribution in [0.15, 0.2) is 0 Å². The molecule has 1 rings (SSSR count). The highest BCUT2D eigenvalue weighted by Gasteiger charge is 2.20. The molecule has 1 aliphatic rings. The van der Waals surface area contributed by atoms with Crippen LogP contribution in [0.2, 0.25) is 0 Å². The van der Waals surface area contributed by atoms with Gasteiger partial charge < -0.3 is 25.0 Å². The molecule has 0 aliphatic carbocycles. The van der Waals surface area contributed by atoms with E-state index in [0.29, 0.717) is 33.0 Å². The Bertz CT molecular complexity index is 224. The molecule has 6 nitrogen and oxygen atoms in total. The first-order chi connectivity index (χ1) is 8.20. The summed E-state index contributed by atoms with van der Waals surface area (Å²) in [5.41, 5.74) is 0. The van der Waals surface area contributed by atoms with Gasteiger partial charge in [0.15, 0.2) is 0 Å². The number of halogens is 1. The normalized spacial score (nSPS) is 19.4. The molecular weight excluding hydrogens is 258 g/mol. The second-order valence-electron chi connectivity index (χ2n) is 4.29. The second-order valence-corrected chi connectivity index (χ2v) is 4.29. The van der Waals surface area contributed by atoms with Crippen molar-refractivity contribution in [3.05, 3.63) is 0 Å². The summed E-state index contributed by atoms with van der Waals surface area (Å²) in [6.45, 7) is 4.54. The summed E-state index contributed by atoms with van der Waals surface area (Å²) < 4.78 is 10.6. The zero-order valence-electron chi connectivity index (χ0n) is 11.1. The first-order valence-electron chi connectivity index (χ1n) is 6.01. The van der Waals surface area contributed by atoms with Crippen LogP contribution in [0.4, 0.5) is 0 Å². The van der Waals surface area contributed by atoms with E-state index in [1.807, 2.05) is 14.1 Å². The molecule has 1 saturated heterocycles. The number of rotatable bonds is 7. The minimum Gasteiger partial charge on any atom is -0.378 e. The first kappa shape index (κ1) is 17.6. The number of morpholine rings is 1. The summed E-state index contributed by atoms with van der Waals surface area (Å²) in [4.78, 5) is 13.7. The molecule has 7 heteroatoms. The summed E-state index contributed by atoms with van der Waals surface area (Å²) in [5.74, 6) is -0.0130. The Balaban J connectivity index is 0.00000289. The topological polar surface area (TPSA) is 62.8 Å². The van der Waals surface area contributed by atoms with Crippen LogP contribution in [0.1, 0.15) is 0 Å². The molecule has 0 saturated carbocycles. The van der Waals surface area contributed by atoms with E-state index in [0.717, 1.165) is 13.1 Å². The van der Waals surface area contributed by atoms with E-state index < -0.39 is 0 Å². The van der Waals surface area contributed by atoms with Crippen molar-refractivity contribution in [3.8, 4) is 0 Å². The van der Waals surface area contributed by atoms with Gasteiger partial charge in [0, 0.05) is 19.6 Å². The third-order valence-electron chi connectivity index (χ3n) is 2.47. The molecule has 1 unspecified atom stereocenters. The summed E-state index contributed by atoms with van der Waals surface area (Å²) in [6.07, 6.45) is 0. The first-order valence-corrected chi connectivity index (χ1v) is 6.01. The quantitative estimate of drug-likeness (QED) is 0.592. The van der Waals surface area contributed by atoms with Gasteiger partial charge in [-0.2, -0.15) is 0 Å². The van der Waals surface area contributed by atoms with Gasteiger partial charge in [0.25, 0.3) is 0 Å². The van der Waals surface area contributed by atoms with E-state index in [9.17, 15) is 4.79 Å². The Kier molecular flexibility index (Phi) is 10.3. The predicted octanol–water partition coefficient (Wildman–Crippen LogP) is -0.909. The van der Waals surface area contributed by atoms with Gasteiger partial charge in [-0.15, -0.1) is 12.4 Å². The molecule has 0 bridgehead atoms. The molecule has 0 spiro atoms. The van der Waals surface area contributed by atoms with Crippen LogP contribution in [-0.4, -0.2) is 77.0 Å². The lowest BCUT2D eigenvalue weighted by molar-refractivity contribution is -0.126. The number of hydrogen-bond acceptors (Lipinski definition) is 5. The smallest absolute Gasteiger partial charge is 0.239 e. The van der Waals surface area contributed by atoms with Crippen molar-refractivity contribution < 1.29 is 14.3 Å². The molecule has 1 amide bonds. The predicted molar refractivity (Wildman–Crippen MR) is 72.2 cm³/mol. The number of likely N-dealkylation sites (N-methyl/N-ethyl adjacent to an activating group) is 1. The lowest BCUT2D eigenvalue weighted by Gasteiger charge is -2.22. The molecule has 1 heterocycles. The van der Waals surface area contributed by atoms with Gasteiger partial charge in [0.2, 0.25) is 5.91 Å². The van der Waals surface area contributed by atoms with E-state index in [1.165, 1.54) is 0 Å². The SMILES string of the molecule is CN(C)CCOCCNC(=O)C1COCCN1.Cl. The van der Waals surface area contributed by atoms with Crippen molar-refractivity contribution in [3.63, 3.8) is 0 Å². The van der Waals surface area contributed by atoms with E-state index in [-0.39, 0.29) is 24.4 Å². The zero-order valence-corrected chi connectivity index (χ0v) is 11.9. The van der Waals surface area contributed by atoms with Gasteiger partial charge >= 0.3 is 0 Å². The van der Waals surface area contributed by atoms with E-state index >= 15 is 0 Å². The maximum Gasteiger partial charge on any atom is 0.239 e. The molecule has 18 heavy (non-hydrogen) atoms. The molecule has 0 aromatic heterocycles. The Morgan fingerprint density at radius 3 is 2.89 bits per heavy atom. The van der Waals surface area contributed by atoms with Crippen LogP contribution < -0.4 is 10.6 Å².